The average Bonchev–Trinajstić information content (AvgIpc) is 2.68. The van der Waals surface area contributed by atoms with Gasteiger partial charge in [-0.15, -0.1) is 0 Å². The van der Waals surface area contributed by atoms with Crippen molar-refractivity contribution in [2.45, 2.75) is 13.0 Å². The fraction of sp³-hybridized carbons (Fsp3) is 0.250. The van der Waals surface area contributed by atoms with Crippen molar-refractivity contribution in [2.75, 3.05) is 0 Å². The van der Waals surface area contributed by atoms with Crippen LogP contribution in [0.3, 0.4) is 0 Å². The summed E-state index contributed by atoms with van der Waals surface area (Å²) >= 11 is 3.50. The molecule has 3 nitrogen and oxygen atoms in total. The predicted octanol–water partition coefficient (Wildman–Crippen LogP) is 2.57. The molecule has 2 aromatic rings. The second-order valence-corrected chi connectivity index (χ2v) is 4.62. The van der Waals surface area contributed by atoms with E-state index in [9.17, 15) is 5.11 Å². The second kappa shape index (κ2) is 4.39. The van der Waals surface area contributed by atoms with Gasteiger partial charge in [-0.1, -0.05) is 34.1 Å². The van der Waals surface area contributed by atoms with Gasteiger partial charge in [-0.05, 0) is 18.1 Å². The first-order valence-corrected chi connectivity index (χ1v) is 5.80. The van der Waals surface area contributed by atoms with E-state index in [1.54, 1.807) is 10.9 Å². The zero-order valence-electron chi connectivity index (χ0n) is 9.18. The van der Waals surface area contributed by atoms with Crippen LogP contribution < -0.4 is 0 Å². The predicted molar refractivity (Wildman–Crippen MR) is 66.1 cm³/mol. The van der Waals surface area contributed by atoms with Crippen LogP contribution >= 0.6 is 15.9 Å². The van der Waals surface area contributed by atoms with Gasteiger partial charge in [-0.3, -0.25) is 4.68 Å². The Morgan fingerprint density at radius 2 is 2.19 bits per heavy atom. The zero-order chi connectivity index (χ0) is 11.7. The minimum Gasteiger partial charge on any atom is -0.383 e. The van der Waals surface area contributed by atoms with Gasteiger partial charge in [0.2, 0.25) is 0 Å². The SMILES string of the molecule is Cc1cccc(C(O)c2cnn(C)c2)c1Br. The van der Waals surface area contributed by atoms with E-state index in [0.29, 0.717) is 0 Å². The van der Waals surface area contributed by atoms with Crippen molar-refractivity contribution in [2.24, 2.45) is 7.05 Å². The lowest BCUT2D eigenvalue weighted by atomic mass is 10.0. The fourth-order valence-corrected chi connectivity index (χ4v) is 2.12. The third-order valence-electron chi connectivity index (χ3n) is 2.56. The normalized spacial score (nSPS) is 12.8. The van der Waals surface area contributed by atoms with Crippen molar-refractivity contribution in [3.63, 3.8) is 0 Å². The van der Waals surface area contributed by atoms with Crippen LogP contribution in [-0.4, -0.2) is 14.9 Å². The van der Waals surface area contributed by atoms with E-state index in [1.807, 2.05) is 38.4 Å². The van der Waals surface area contributed by atoms with Crippen molar-refractivity contribution in [3.05, 3.63) is 51.8 Å². The number of benzene rings is 1. The molecule has 0 aliphatic carbocycles. The number of aryl methyl sites for hydroxylation is 2. The monoisotopic (exact) mass is 280 g/mol. The molecule has 1 heterocycles. The van der Waals surface area contributed by atoms with Gasteiger partial charge < -0.3 is 5.11 Å². The highest BCUT2D eigenvalue weighted by Gasteiger charge is 2.15. The van der Waals surface area contributed by atoms with E-state index in [4.69, 9.17) is 0 Å². The summed E-state index contributed by atoms with van der Waals surface area (Å²) in [4.78, 5) is 0. The van der Waals surface area contributed by atoms with E-state index in [2.05, 4.69) is 21.0 Å². The molecule has 0 saturated heterocycles. The largest absolute Gasteiger partial charge is 0.383 e. The Hall–Kier alpha value is -1.13. The molecular weight excluding hydrogens is 268 g/mol. The van der Waals surface area contributed by atoms with Crippen molar-refractivity contribution in [1.29, 1.82) is 0 Å². The van der Waals surface area contributed by atoms with Crippen LogP contribution in [-0.2, 0) is 7.05 Å². The van der Waals surface area contributed by atoms with E-state index in [0.717, 1.165) is 21.2 Å². The minimum atomic E-state index is -0.636. The van der Waals surface area contributed by atoms with Gasteiger partial charge in [0.15, 0.2) is 0 Å². The van der Waals surface area contributed by atoms with Gasteiger partial charge in [0.1, 0.15) is 6.10 Å². The van der Waals surface area contributed by atoms with Crippen LogP contribution in [0.2, 0.25) is 0 Å². The fourth-order valence-electron chi connectivity index (χ4n) is 1.64. The highest BCUT2D eigenvalue weighted by Crippen LogP contribution is 2.30. The Bertz CT molecular complexity index is 507. The first-order valence-electron chi connectivity index (χ1n) is 5.01. The molecule has 0 fully saturated rings. The molecule has 1 atom stereocenters. The van der Waals surface area contributed by atoms with Gasteiger partial charge in [0.05, 0.1) is 6.20 Å². The number of rotatable bonds is 2. The third-order valence-corrected chi connectivity index (χ3v) is 3.64. The maximum Gasteiger partial charge on any atom is 0.108 e. The Balaban J connectivity index is 2.41. The van der Waals surface area contributed by atoms with Crippen LogP contribution in [0.4, 0.5) is 0 Å². The summed E-state index contributed by atoms with van der Waals surface area (Å²) in [5.41, 5.74) is 2.78. The first-order chi connectivity index (χ1) is 7.59. The summed E-state index contributed by atoms with van der Waals surface area (Å²) in [6, 6.07) is 5.85. The smallest absolute Gasteiger partial charge is 0.108 e. The Labute approximate surface area is 103 Å². The lowest BCUT2D eigenvalue weighted by Gasteiger charge is -2.12. The van der Waals surface area contributed by atoms with Gasteiger partial charge in [-0.2, -0.15) is 5.10 Å². The molecule has 0 saturated carbocycles. The van der Waals surface area contributed by atoms with Crippen LogP contribution in [0.25, 0.3) is 0 Å². The molecule has 1 aromatic carbocycles. The van der Waals surface area contributed by atoms with E-state index >= 15 is 0 Å². The molecule has 0 spiro atoms. The number of nitrogens with zero attached hydrogens (tertiary/aromatic N) is 2. The Morgan fingerprint density at radius 1 is 1.44 bits per heavy atom. The van der Waals surface area contributed by atoms with Crippen molar-refractivity contribution < 1.29 is 5.11 Å². The number of aromatic nitrogens is 2. The Kier molecular flexibility index (Phi) is 3.12. The lowest BCUT2D eigenvalue weighted by molar-refractivity contribution is 0.219. The first kappa shape index (κ1) is 11.4. The van der Waals surface area contributed by atoms with Crippen LogP contribution in [0.15, 0.2) is 35.1 Å². The third kappa shape index (κ3) is 2.03. The number of hydrogen-bond acceptors (Lipinski definition) is 2. The van der Waals surface area contributed by atoms with Crippen LogP contribution in [0, 0.1) is 6.92 Å². The molecule has 0 amide bonds. The summed E-state index contributed by atoms with van der Waals surface area (Å²) in [5.74, 6) is 0. The summed E-state index contributed by atoms with van der Waals surface area (Å²) in [5, 5.41) is 14.3. The summed E-state index contributed by atoms with van der Waals surface area (Å²) < 4.78 is 2.63. The van der Waals surface area contributed by atoms with Gasteiger partial charge >= 0.3 is 0 Å². The molecule has 84 valence electrons. The van der Waals surface area contributed by atoms with Crippen molar-refractivity contribution >= 4 is 15.9 Å². The topological polar surface area (TPSA) is 38.1 Å². The van der Waals surface area contributed by atoms with Crippen LogP contribution in [0.1, 0.15) is 22.8 Å². The average molecular weight is 281 g/mol. The van der Waals surface area contributed by atoms with E-state index in [1.165, 1.54) is 0 Å². The molecule has 2 rings (SSSR count). The summed E-state index contributed by atoms with van der Waals surface area (Å²) in [7, 11) is 1.83. The number of aliphatic hydroxyl groups is 1. The van der Waals surface area contributed by atoms with Gasteiger partial charge in [0.25, 0.3) is 0 Å². The molecule has 0 radical (unpaired) electrons. The maximum absolute atomic E-state index is 10.2. The second-order valence-electron chi connectivity index (χ2n) is 3.83. The van der Waals surface area contributed by atoms with Gasteiger partial charge in [0, 0.05) is 23.3 Å². The summed E-state index contributed by atoms with van der Waals surface area (Å²) in [6.45, 7) is 2.00. The van der Waals surface area contributed by atoms with E-state index in [-0.39, 0.29) is 0 Å². The minimum absolute atomic E-state index is 0.636. The lowest BCUT2D eigenvalue weighted by Crippen LogP contribution is -2.00. The van der Waals surface area contributed by atoms with Crippen LogP contribution in [0.5, 0.6) is 0 Å². The van der Waals surface area contributed by atoms with Crippen molar-refractivity contribution in [1.82, 2.24) is 9.78 Å². The maximum atomic E-state index is 10.2. The number of halogens is 1. The zero-order valence-corrected chi connectivity index (χ0v) is 10.8. The van der Waals surface area contributed by atoms with E-state index < -0.39 is 6.10 Å². The number of hydrogen-bond donors (Lipinski definition) is 1. The van der Waals surface area contributed by atoms with Crippen molar-refractivity contribution in [3.8, 4) is 0 Å². The molecule has 1 aromatic heterocycles. The molecule has 0 aliphatic heterocycles. The molecule has 4 heteroatoms. The summed E-state index contributed by atoms with van der Waals surface area (Å²) in [6.07, 6.45) is 2.86. The quantitative estimate of drug-likeness (QED) is 0.918. The molecule has 1 N–H and O–H groups in total. The highest BCUT2D eigenvalue weighted by molar-refractivity contribution is 9.10. The molecule has 0 aliphatic rings. The van der Waals surface area contributed by atoms with Gasteiger partial charge in [-0.25, -0.2) is 0 Å². The molecular formula is C12H13BrN2O. The molecule has 16 heavy (non-hydrogen) atoms. The highest BCUT2D eigenvalue weighted by atomic mass is 79.9. The standard InChI is InChI=1S/C12H13BrN2O/c1-8-4-3-5-10(11(8)13)12(16)9-6-14-15(2)7-9/h3-7,12,16H,1-2H3. The molecule has 0 bridgehead atoms. The number of aliphatic hydroxyl groups excluding tert-OH is 1. The molecule has 1 unspecified atom stereocenters. The Morgan fingerprint density at radius 3 is 2.81 bits per heavy atom.